The molecule has 0 atom stereocenters. The van der Waals surface area contributed by atoms with Crippen molar-refractivity contribution in [3.8, 4) is 5.75 Å². The first-order valence-electron chi connectivity index (χ1n) is 8.72. The quantitative estimate of drug-likeness (QED) is 0.852. The summed E-state index contributed by atoms with van der Waals surface area (Å²) >= 11 is 0. The topological polar surface area (TPSA) is 49.9 Å². The van der Waals surface area contributed by atoms with Crippen molar-refractivity contribution in [2.24, 2.45) is 0 Å². The van der Waals surface area contributed by atoms with Crippen LogP contribution in [-0.2, 0) is 4.79 Å². The molecule has 0 saturated carbocycles. The molecule has 2 amide bonds. The average Bonchev–Trinajstić information content (AvgIpc) is 2.85. The Bertz CT molecular complexity index is 598. The van der Waals surface area contributed by atoms with Crippen molar-refractivity contribution in [2.75, 3.05) is 33.3 Å². The highest BCUT2D eigenvalue weighted by Gasteiger charge is 2.24. The minimum Gasteiger partial charge on any atom is -0.496 e. The lowest BCUT2D eigenvalue weighted by molar-refractivity contribution is -0.130. The third-order valence-corrected chi connectivity index (χ3v) is 4.56. The summed E-state index contributed by atoms with van der Waals surface area (Å²) in [5.41, 5.74) is 1.73. The van der Waals surface area contributed by atoms with Gasteiger partial charge in [0.25, 0.3) is 5.91 Å². The number of methoxy groups -OCH3 is 1. The Morgan fingerprint density at radius 3 is 2.42 bits per heavy atom. The van der Waals surface area contributed by atoms with Crippen molar-refractivity contribution in [1.82, 2.24) is 9.80 Å². The Morgan fingerprint density at radius 1 is 1.12 bits per heavy atom. The first-order chi connectivity index (χ1) is 11.5. The molecule has 132 valence electrons. The van der Waals surface area contributed by atoms with Crippen molar-refractivity contribution < 1.29 is 14.3 Å². The molecule has 0 aliphatic carbocycles. The van der Waals surface area contributed by atoms with Crippen molar-refractivity contribution in [3.63, 3.8) is 0 Å². The van der Waals surface area contributed by atoms with Crippen LogP contribution in [0.25, 0.3) is 0 Å². The summed E-state index contributed by atoms with van der Waals surface area (Å²) in [6.45, 7) is 8.65. The molecule has 2 rings (SSSR count). The molecule has 0 radical (unpaired) electrons. The fraction of sp³-hybridized carbons (Fsp3) is 0.579. The van der Waals surface area contributed by atoms with Gasteiger partial charge in [0.15, 0.2) is 0 Å². The van der Waals surface area contributed by atoms with E-state index in [1.54, 1.807) is 7.11 Å². The predicted molar refractivity (Wildman–Crippen MR) is 94.5 cm³/mol. The van der Waals surface area contributed by atoms with Gasteiger partial charge in [0.05, 0.1) is 12.7 Å². The summed E-state index contributed by atoms with van der Waals surface area (Å²) in [5.74, 6) is 1.10. The van der Waals surface area contributed by atoms with Gasteiger partial charge in [-0.15, -0.1) is 0 Å². The largest absolute Gasteiger partial charge is 0.496 e. The van der Waals surface area contributed by atoms with E-state index in [1.807, 2.05) is 34.9 Å². The summed E-state index contributed by atoms with van der Waals surface area (Å²) in [7, 11) is 1.59. The molecule has 0 spiro atoms. The second-order valence-electron chi connectivity index (χ2n) is 6.49. The van der Waals surface area contributed by atoms with Gasteiger partial charge in [-0.05, 0) is 30.0 Å². The predicted octanol–water partition coefficient (Wildman–Crippen LogP) is 2.90. The number of carbonyl (C=O) groups excluding carboxylic acids is 2. The zero-order valence-corrected chi connectivity index (χ0v) is 15.2. The average molecular weight is 332 g/mol. The van der Waals surface area contributed by atoms with Gasteiger partial charge in [0.2, 0.25) is 5.91 Å². The van der Waals surface area contributed by atoms with E-state index in [4.69, 9.17) is 4.74 Å². The molecule has 1 aliphatic rings. The molecule has 0 bridgehead atoms. The van der Waals surface area contributed by atoms with Crippen molar-refractivity contribution in [3.05, 3.63) is 29.3 Å². The van der Waals surface area contributed by atoms with Gasteiger partial charge in [0.1, 0.15) is 5.75 Å². The summed E-state index contributed by atoms with van der Waals surface area (Å²) in [6.07, 6.45) is 1.32. The second-order valence-corrected chi connectivity index (χ2v) is 6.49. The lowest BCUT2D eigenvalue weighted by Crippen LogP contribution is -2.37. The van der Waals surface area contributed by atoms with Crippen LogP contribution in [0.4, 0.5) is 0 Å². The lowest BCUT2D eigenvalue weighted by atomic mass is 9.99. The fourth-order valence-corrected chi connectivity index (χ4v) is 3.02. The maximum absolute atomic E-state index is 13.0. The standard InChI is InChI=1S/C19H28N2O3/c1-5-18(22)20-9-6-10-21(12-11-20)19(23)16-13-15(14(2)3)7-8-17(16)24-4/h7-8,13-14H,5-6,9-12H2,1-4H3. The highest BCUT2D eigenvalue weighted by molar-refractivity contribution is 5.97. The van der Waals surface area contributed by atoms with E-state index in [-0.39, 0.29) is 11.8 Å². The van der Waals surface area contributed by atoms with Crippen LogP contribution in [0, 0.1) is 0 Å². The van der Waals surface area contributed by atoms with E-state index >= 15 is 0 Å². The normalized spacial score (nSPS) is 15.4. The van der Waals surface area contributed by atoms with Crippen LogP contribution in [0.5, 0.6) is 5.75 Å². The molecule has 1 heterocycles. The first kappa shape index (κ1) is 18.3. The highest BCUT2D eigenvalue weighted by atomic mass is 16.5. The van der Waals surface area contributed by atoms with E-state index in [0.29, 0.717) is 43.3 Å². The highest BCUT2D eigenvalue weighted by Crippen LogP contribution is 2.26. The third kappa shape index (κ3) is 4.08. The molecule has 5 heteroatoms. The van der Waals surface area contributed by atoms with Gasteiger partial charge in [-0.1, -0.05) is 26.8 Å². The fourth-order valence-electron chi connectivity index (χ4n) is 3.02. The van der Waals surface area contributed by atoms with E-state index in [1.165, 1.54) is 0 Å². The number of nitrogens with zero attached hydrogens (tertiary/aromatic N) is 2. The Labute approximate surface area is 144 Å². The number of carbonyl (C=O) groups is 2. The molecule has 1 aromatic carbocycles. The molecule has 0 aromatic heterocycles. The zero-order valence-electron chi connectivity index (χ0n) is 15.2. The Morgan fingerprint density at radius 2 is 1.79 bits per heavy atom. The van der Waals surface area contributed by atoms with Crippen LogP contribution in [0.15, 0.2) is 18.2 Å². The van der Waals surface area contributed by atoms with Crippen LogP contribution in [-0.4, -0.2) is 54.9 Å². The van der Waals surface area contributed by atoms with Crippen molar-refractivity contribution in [2.45, 2.75) is 39.5 Å². The summed E-state index contributed by atoms with van der Waals surface area (Å²) < 4.78 is 5.39. The number of benzene rings is 1. The van der Waals surface area contributed by atoms with Crippen molar-refractivity contribution >= 4 is 11.8 Å². The molecule has 24 heavy (non-hydrogen) atoms. The van der Waals surface area contributed by atoms with Crippen LogP contribution >= 0.6 is 0 Å². The number of rotatable bonds is 4. The molecule has 0 N–H and O–H groups in total. The van der Waals surface area contributed by atoms with Gasteiger partial charge >= 0.3 is 0 Å². The molecule has 1 fully saturated rings. The second kappa shape index (κ2) is 8.18. The van der Waals surface area contributed by atoms with Gasteiger partial charge in [-0.3, -0.25) is 9.59 Å². The zero-order chi connectivity index (χ0) is 17.7. The number of amides is 2. The van der Waals surface area contributed by atoms with Gasteiger partial charge in [-0.25, -0.2) is 0 Å². The molecular weight excluding hydrogens is 304 g/mol. The maximum Gasteiger partial charge on any atom is 0.257 e. The van der Waals surface area contributed by atoms with Crippen LogP contribution in [0.2, 0.25) is 0 Å². The van der Waals surface area contributed by atoms with Crippen molar-refractivity contribution in [1.29, 1.82) is 0 Å². The molecule has 1 saturated heterocycles. The Hall–Kier alpha value is -2.04. The Kier molecular flexibility index (Phi) is 6.23. The third-order valence-electron chi connectivity index (χ3n) is 4.56. The molecular formula is C19H28N2O3. The van der Waals surface area contributed by atoms with E-state index in [0.717, 1.165) is 18.5 Å². The summed E-state index contributed by atoms with van der Waals surface area (Å²) in [4.78, 5) is 28.6. The van der Waals surface area contributed by atoms with Gasteiger partial charge in [0, 0.05) is 32.6 Å². The first-order valence-corrected chi connectivity index (χ1v) is 8.72. The Balaban J connectivity index is 2.19. The molecule has 1 aliphatic heterocycles. The SMILES string of the molecule is CCC(=O)N1CCCN(C(=O)c2cc(C(C)C)ccc2OC)CC1. The van der Waals surface area contributed by atoms with E-state index in [2.05, 4.69) is 13.8 Å². The maximum atomic E-state index is 13.0. The summed E-state index contributed by atoms with van der Waals surface area (Å²) in [6, 6.07) is 5.81. The van der Waals surface area contributed by atoms with E-state index < -0.39 is 0 Å². The molecule has 5 nitrogen and oxygen atoms in total. The lowest BCUT2D eigenvalue weighted by Gasteiger charge is -2.23. The monoisotopic (exact) mass is 332 g/mol. The van der Waals surface area contributed by atoms with Gasteiger partial charge < -0.3 is 14.5 Å². The number of hydrogen-bond acceptors (Lipinski definition) is 3. The van der Waals surface area contributed by atoms with E-state index in [9.17, 15) is 9.59 Å². The van der Waals surface area contributed by atoms with Gasteiger partial charge in [-0.2, -0.15) is 0 Å². The van der Waals surface area contributed by atoms with Crippen LogP contribution in [0.3, 0.4) is 0 Å². The smallest absolute Gasteiger partial charge is 0.257 e. The number of hydrogen-bond donors (Lipinski definition) is 0. The van der Waals surface area contributed by atoms with Crippen LogP contribution in [0.1, 0.15) is 55.5 Å². The molecule has 0 unspecified atom stereocenters. The molecule has 1 aromatic rings. The number of ether oxygens (including phenoxy) is 1. The minimum atomic E-state index is -0.0138. The summed E-state index contributed by atoms with van der Waals surface area (Å²) in [5, 5.41) is 0. The minimum absolute atomic E-state index is 0.0138. The van der Waals surface area contributed by atoms with Crippen LogP contribution < -0.4 is 4.74 Å².